The zero-order valence-corrected chi connectivity index (χ0v) is 8.23. The van der Waals surface area contributed by atoms with Crippen LogP contribution in [0.1, 0.15) is 35.3 Å². The van der Waals surface area contributed by atoms with Gasteiger partial charge in [-0.2, -0.15) is 0 Å². The third kappa shape index (κ3) is 1.93. The Morgan fingerprint density at radius 1 is 1.50 bits per heavy atom. The summed E-state index contributed by atoms with van der Waals surface area (Å²) < 4.78 is 0. The minimum atomic E-state index is -0.835. The first kappa shape index (κ1) is 9.42. The van der Waals surface area contributed by atoms with Crippen molar-refractivity contribution in [3.05, 3.63) is 21.9 Å². The summed E-state index contributed by atoms with van der Waals surface area (Å²) in [5.41, 5.74) is -0.835. The van der Waals surface area contributed by atoms with E-state index in [4.69, 9.17) is 0 Å². The molecule has 1 rings (SSSR count). The molecule has 0 bridgehead atoms. The first-order valence-electron chi connectivity index (χ1n) is 3.75. The summed E-state index contributed by atoms with van der Waals surface area (Å²) in [6.45, 7) is 4.95. The van der Waals surface area contributed by atoms with Gasteiger partial charge < -0.3 is 5.11 Å². The smallest absolute Gasteiger partial charge is 0.169 e. The summed E-state index contributed by atoms with van der Waals surface area (Å²) in [5, 5.41) is 9.58. The molecule has 0 radical (unpaired) electrons. The van der Waals surface area contributed by atoms with Gasteiger partial charge in [-0.25, -0.2) is 0 Å². The molecule has 3 heteroatoms. The van der Waals surface area contributed by atoms with Crippen LogP contribution in [0.3, 0.4) is 0 Å². The maximum Gasteiger partial charge on any atom is 0.169 e. The maximum absolute atomic E-state index is 10.9. The van der Waals surface area contributed by atoms with Crippen LogP contribution in [-0.2, 0) is 5.60 Å². The maximum atomic E-state index is 10.9. The molecule has 2 nitrogen and oxygen atoms in total. The lowest BCUT2D eigenvalue weighted by atomic mass is 10.1. The number of hydrogen-bond acceptors (Lipinski definition) is 3. The second-order valence-corrected chi connectivity index (χ2v) is 4.36. The fraction of sp³-hybridized carbons (Fsp3) is 0.444. The Morgan fingerprint density at radius 2 is 2.08 bits per heavy atom. The molecule has 0 aliphatic heterocycles. The van der Waals surface area contributed by atoms with E-state index in [1.807, 2.05) is 0 Å². The van der Waals surface area contributed by atoms with E-state index in [-0.39, 0.29) is 5.78 Å². The average molecular weight is 184 g/mol. The van der Waals surface area contributed by atoms with Gasteiger partial charge in [-0.3, -0.25) is 4.79 Å². The van der Waals surface area contributed by atoms with E-state index < -0.39 is 5.60 Å². The van der Waals surface area contributed by atoms with Crippen LogP contribution < -0.4 is 0 Å². The van der Waals surface area contributed by atoms with Crippen molar-refractivity contribution in [3.63, 3.8) is 0 Å². The van der Waals surface area contributed by atoms with Gasteiger partial charge in [-0.05, 0) is 32.9 Å². The molecule has 1 heterocycles. The van der Waals surface area contributed by atoms with Crippen LogP contribution in [0.5, 0.6) is 0 Å². The van der Waals surface area contributed by atoms with Crippen LogP contribution in [0.4, 0.5) is 0 Å². The predicted molar refractivity (Wildman–Crippen MR) is 49.6 cm³/mol. The standard InChI is InChI=1S/C9H12O2S/c1-6(10)7-4-5-8(12-7)9(2,3)11/h4-5,11H,1-3H3. The number of carbonyl (C=O) groups excluding carboxylic acids is 1. The second kappa shape index (κ2) is 2.99. The molecule has 0 aromatic carbocycles. The molecule has 0 unspecified atom stereocenters. The van der Waals surface area contributed by atoms with E-state index in [1.54, 1.807) is 26.0 Å². The third-order valence-corrected chi connectivity index (χ3v) is 3.05. The zero-order chi connectivity index (χ0) is 9.35. The van der Waals surface area contributed by atoms with Crippen LogP contribution in [0.2, 0.25) is 0 Å². The molecule has 66 valence electrons. The monoisotopic (exact) mass is 184 g/mol. The third-order valence-electron chi connectivity index (χ3n) is 1.56. The molecule has 1 aromatic heterocycles. The van der Waals surface area contributed by atoms with Crippen LogP contribution in [-0.4, -0.2) is 10.9 Å². The van der Waals surface area contributed by atoms with Crippen LogP contribution in [0.25, 0.3) is 0 Å². The number of rotatable bonds is 2. The Kier molecular flexibility index (Phi) is 2.35. The molecule has 12 heavy (non-hydrogen) atoms. The zero-order valence-electron chi connectivity index (χ0n) is 7.42. The Balaban J connectivity index is 3.00. The fourth-order valence-corrected chi connectivity index (χ4v) is 1.76. The van der Waals surface area contributed by atoms with E-state index >= 15 is 0 Å². The molecule has 1 N–H and O–H groups in total. The molecule has 0 aliphatic rings. The van der Waals surface area contributed by atoms with Crippen LogP contribution >= 0.6 is 11.3 Å². The summed E-state index contributed by atoms with van der Waals surface area (Å²) in [7, 11) is 0. The lowest BCUT2D eigenvalue weighted by Crippen LogP contribution is -2.12. The number of Topliss-reactive ketones (excluding diaryl/α,β-unsaturated/α-hetero) is 1. The second-order valence-electron chi connectivity index (χ2n) is 3.28. The Labute approximate surface area is 75.9 Å². The summed E-state index contributed by atoms with van der Waals surface area (Å²) in [6, 6.07) is 3.54. The highest BCUT2D eigenvalue weighted by Gasteiger charge is 2.18. The number of ketones is 1. The van der Waals surface area contributed by atoms with Crippen molar-refractivity contribution in [2.45, 2.75) is 26.4 Å². The lowest BCUT2D eigenvalue weighted by molar-refractivity contribution is 0.0825. The quantitative estimate of drug-likeness (QED) is 0.715. The van der Waals surface area contributed by atoms with E-state index in [1.165, 1.54) is 18.3 Å². The van der Waals surface area contributed by atoms with Gasteiger partial charge in [-0.1, -0.05) is 0 Å². The molecule has 0 atom stereocenters. The van der Waals surface area contributed by atoms with Crippen molar-refractivity contribution in [1.29, 1.82) is 0 Å². The average Bonchev–Trinajstić information content (AvgIpc) is 2.30. The van der Waals surface area contributed by atoms with Gasteiger partial charge in [0.2, 0.25) is 0 Å². The van der Waals surface area contributed by atoms with E-state index in [0.29, 0.717) is 4.88 Å². The molecule has 1 aromatic rings. The Hall–Kier alpha value is -0.670. The summed E-state index contributed by atoms with van der Waals surface area (Å²) in [6.07, 6.45) is 0. The minimum absolute atomic E-state index is 0.0514. The van der Waals surface area contributed by atoms with Crippen LogP contribution in [0.15, 0.2) is 12.1 Å². The predicted octanol–water partition coefficient (Wildman–Crippen LogP) is 2.18. The highest BCUT2D eigenvalue weighted by atomic mass is 32.1. The Bertz CT molecular complexity index is 294. The first-order valence-corrected chi connectivity index (χ1v) is 4.56. The van der Waals surface area contributed by atoms with Gasteiger partial charge >= 0.3 is 0 Å². The number of carbonyl (C=O) groups is 1. The van der Waals surface area contributed by atoms with Crippen molar-refractivity contribution in [2.24, 2.45) is 0 Å². The summed E-state index contributed by atoms with van der Waals surface area (Å²) in [4.78, 5) is 12.4. The summed E-state index contributed by atoms with van der Waals surface area (Å²) >= 11 is 1.35. The minimum Gasteiger partial charge on any atom is -0.385 e. The largest absolute Gasteiger partial charge is 0.385 e. The molecular weight excluding hydrogens is 172 g/mol. The van der Waals surface area contributed by atoms with Gasteiger partial charge in [0, 0.05) is 4.88 Å². The van der Waals surface area contributed by atoms with E-state index in [0.717, 1.165) is 4.88 Å². The van der Waals surface area contributed by atoms with Gasteiger partial charge in [0.05, 0.1) is 10.5 Å². The first-order chi connectivity index (χ1) is 5.41. The molecule has 0 saturated carbocycles. The van der Waals surface area contributed by atoms with Gasteiger partial charge in [-0.15, -0.1) is 11.3 Å². The van der Waals surface area contributed by atoms with Gasteiger partial charge in [0.25, 0.3) is 0 Å². The van der Waals surface area contributed by atoms with Crippen molar-refractivity contribution in [2.75, 3.05) is 0 Å². The number of thiophene rings is 1. The lowest BCUT2D eigenvalue weighted by Gasteiger charge is -2.13. The molecular formula is C9H12O2S. The van der Waals surface area contributed by atoms with Crippen molar-refractivity contribution in [3.8, 4) is 0 Å². The molecule has 0 saturated heterocycles. The molecule has 0 aliphatic carbocycles. The van der Waals surface area contributed by atoms with E-state index in [2.05, 4.69) is 0 Å². The van der Waals surface area contributed by atoms with Crippen molar-refractivity contribution in [1.82, 2.24) is 0 Å². The van der Waals surface area contributed by atoms with Crippen molar-refractivity contribution < 1.29 is 9.90 Å². The van der Waals surface area contributed by atoms with Crippen LogP contribution in [0, 0.1) is 0 Å². The number of aliphatic hydroxyl groups is 1. The fourth-order valence-electron chi connectivity index (χ4n) is 0.856. The van der Waals surface area contributed by atoms with Gasteiger partial charge in [0.15, 0.2) is 5.78 Å². The number of hydrogen-bond donors (Lipinski definition) is 1. The highest BCUT2D eigenvalue weighted by Crippen LogP contribution is 2.27. The summed E-state index contributed by atoms with van der Waals surface area (Å²) in [5.74, 6) is 0.0514. The normalized spacial score (nSPS) is 11.7. The Morgan fingerprint density at radius 3 is 2.33 bits per heavy atom. The van der Waals surface area contributed by atoms with E-state index in [9.17, 15) is 9.90 Å². The molecule has 0 amide bonds. The van der Waals surface area contributed by atoms with Crippen molar-refractivity contribution >= 4 is 17.1 Å². The molecule has 0 fully saturated rings. The molecule has 0 spiro atoms. The topological polar surface area (TPSA) is 37.3 Å². The SMILES string of the molecule is CC(=O)c1ccc(C(C)(C)O)s1. The highest BCUT2D eigenvalue weighted by molar-refractivity contribution is 7.14. The van der Waals surface area contributed by atoms with Gasteiger partial charge in [0.1, 0.15) is 0 Å².